The topological polar surface area (TPSA) is 60.4 Å². The van der Waals surface area contributed by atoms with Crippen molar-refractivity contribution in [1.29, 1.82) is 0 Å². The zero-order valence-electron chi connectivity index (χ0n) is 16.4. The van der Waals surface area contributed by atoms with Crippen molar-refractivity contribution in [3.63, 3.8) is 0 Å². The first kappa shape index (κ1) is 19.9. The van der Waals surface area contributed by atoms with Crippen molar-refractivity contribution < 1.29 is 9.53 Å². The van der Waals surface area contributed by atoms with Crippen molar-refractivity contribution >= 4 is 17.6 Å². The minimum Gasteiger partial charge on any atom is -0.497 e. The third-order valence-corrected chi connectivity index (χ3v) is 4.39. The Bertz CT molecular complexity index is 610. The number of likely N-dealkylation sites (N-methyl/N-ethyl adjacent to an activating group) is 1. The Morgan fingerprint density at radius 3 is 2.62 bits per heavy atom. The summed E-state index contributed by atoms with van der Waals surface area (Å²) in [6, 6.07) is 8.15. The summed E-state index contributed by atoms with van der Waals surface area (Å²) in [5, 5.41) is 3.37. The maximum Gasteiger partial charge on any atom is 0.243 e. The van der Waals surface area contributed by atoms with Gasteiger partial charge in [0, 0.05) is 58.6 Å². The minimum atomic E-state index is 0.0100. The monoisotopic (exact) mass is 361 g/mol. The number of hydrogen-bond donors (Lipinski definition) is 1. The van der Waals surface area contributed by atoms with Gasteiger partial charge in [-0.2, -0.15) is 0 Å². The number of nitrogens with one attached hydrogen (secondary N) is 1. The van der Waals surface area contributed by atoms with Crippen LogP contribution in [0.5, 0.6) is 5.75 Å². The largest absolute Gasteiger partial charge is 0.497 e. The van der Waals surface area contributed by atoms with Crippen LogP contribution in [-0.2, 0) is 4.79 Å². The molecule has 1 aromatic rings. The first-order valence-electron chi connectivity index (χ1n) is 9.17. The van der Waals surface area contributed by atoms with Gasteiger partial charge in [-0.05, 0) is 18.6 Å². The van der Waals surface area contributed by atoms with E-state index >= 15 is 0 Å². The zero-order chi connectivity index (χ0) is 18.9. The molecule has 7 heteroatoms. The van der Waals surface area contributed by atoms with E-state index in [2.05, 4.69) is 39.2 Å². The van der Waals surface area contributed by atoms with Crippen LogP contribution < -0.4 is 15.0 Å². The standard InChI is InChI=1S/C19H31N5O2/c1-5-9-20-19(21-15-18(25)22(2)3)24-12-10-23(11-13-24)16-7-6-8-17(14-16)26-4/h6-8,14H,5,9-13,15H2,1-4H3,(H,20,21). The number of hydrogen-bond acceptors (Lipinski definition) is 4. The van der Waals surface area contributed by atoms with Crippen molar-refractivity contribution in [3.05, 3.63) is 24.3 Å². The van der Waals surface area contributed by atoms with E-state index in [1.807, 2.05) is 12.1 Å². The highest BCUT2D eigenvalue weighted by Gasteiger charge is 2.20. The Balaban J connectivity index is 1.99. The van der Waals surface area contributed by atoms with Crippen LogP contribution >= 0.6 is 0 Å². The summed E-state index contributed by atoms with van der Waals surface area (Å²) >= 11 is 0. The van der Waals surface area contributed by atoms with E-state index in [0.29, 0.717) is 0 Å². The highest BCUT2D eigenvalue weighted by Crippen LogP contribution is 2.22. The number of carbonyl (C=O) groups is 1. The molecule has 0 atom stereocenters. The molecule has 26 heavy (non-hydrogen) atoms. The van der Waals surface area contributed by atoms with Gasteiger partial charge in [0.2, 0.25) is 5.91 Å². The highest BCUT2D eigenvalue weighted by molar-refractivity contribution is 5.85. The van der Waals surface area contributed by atoms with Gasteiger partial charge in [0.1, 0.15) is 12.3 Å². The van der Waals surface area contributed by atoms with E-state index in [0.717, 1.165) is 50.9 Å². The molecule has 1 aliphatic heterocycles. The average molecular weight is 361 g/mol. The molecular weight excluding hydrogens is 330 g/mol. The summed E-state index contributed by atoms with van der Waals surface area (Å²) in [5.41, 5.74) is 1.17. The third-order valence-electron chi connectivity index (χ3n) is 4.39. The van der Waals surface area contributed by atoms with Crippen molar-refractivity contribution in [1.82, 2.24) is 15.1 Å². The van der Waals surface area contributed by atoms with E-state index in [-0.39, 0.29) is 12.5 Å². The smallest absolute Gasteiger partial charge is 0.243 e. The molecular formula is C19H31N5O2. The predicted molar refractivity (Wildman–Crippen MR) is 106 cm³/mol. The minimum absolute atomic E-state index is 0.0100. The molecule has 1 aromatic carbocycles. The molecule has 1 saturated heterocycles. The van der Waals surface area contributed by atoms with Gasteiger partial charge >= 0.3 is 0 Å². The fourth-order valence-electron chi connectivity index (χ4n) is 2.77. The number of guanidine groups is 1. The number of amides is 1. The van der Waals surface area contributed by atoms with Crippen molar-refractivity contribution in [3.8, 4) is 5.75 Å². The average Bonchev–Trinajstić information content (AvgIpc) is 2.68. The molecule has 0 bridgehead atoms. The quantitative estimate of drug-likeness (QED) is 0.611. The maximum atomic E-state index is 11.9. The molecule has 1 amide bonds. The molecule has 0 saturated carbocycles. The summed E-state index contributed by atoms with van der Waals surface area (Å²) in [4.78, 5) is 22.5. The summed E-state index contributed by atoms with van der Waals surface area (Å²) in [5.74, 6) is 1.71. The first-order valence-corrected chi connectivity index (χ1v) is 9.17. The van der Waals surface area contributed by atoms with Gasteiger partial charge in [-0.3, -0.25) is 4.79 Å². The number of piperazine rings is 1. The fourth-order valence-corrected chi connectivity index (χ4v) is 2.77. The van der Waals surface area contributed by atoms with Gasteiger partial charge < -0.3 is 24.8 Å². The molecule has 0 aromatic heterocycles. The lowest BCUT2D eigenvalue weighted by atomic mass is 10.2. The van der Waals surface area contributed by atoms with Gasteiger partial charge in [0.25, 0.3) is 0 Å². The van der Waals surface area contributed by atoms with Crippen molar-refractivity contribution in [2.75, 3.05) is 65.4 Å². The second-order valence-corrected chi connectivity index (χ2v) is 6.53. The van der Waals surface area contributed by atoms with E-state index in [4.69, 9.17) is 4.74 Å². The SMILES string of the molecule is CCCNC(=NCC(=O)N(C)C)N1CCN(c2cccc(OC)c2)CC1. The van der Waals surface area contributed by atoms with Crippen LogP contribution in [-0.4, -0.2) is 82.1 Å². The van der Waals surface area contributed by atoms with Crippen molar-refractivity contribution in [2.24, 2.45) is 4.99 Å². The Morgan fingerprint density at radius 2 is 2.00 bits per heavy atom. The van der Waals surface area contributed by atoms with E-state index in [1.54, 1.807) is 26.1 Å². The van der Waals surface area contributed by atoms with Crippen LogP contribution in [0.25, 0.3) is 0 Å². The van der Waals surface area contributed by atoms with Crippen LogP contribution in [0.15, 0.2) is 29.3 Å². The lowest BCUT2D eigenvalue weighted by Crippen LogP contribution is -2.53. The summed E-state index contributed by atoms with van der Waals surface area (Å²) in [6.45, 7) is 6.69. The molecule has 0 aliphatic carbocycles. The van der Waals surface area contributed by atoms with Gasteiger partial charge in [-0.15, -0.1) is 0 Å². The number of benzene rings is 1. The number of anilines is 1. The molecule has 1 fully saturated rings. The molecule has 1 heterocycles. The van der Waals surface area contributed by atoms with E-state index in [9.17, 15) is 4.79 Å². The molecule has 7 nitrogen and oxygen atoms in total. The number of ether oxygens (including phenoxy) is 1. The van der Waals surface area contributed by atoms with Gasteiger partial charge in [-0.1, -0.05) is 13.0 Å². The Hall–Kier alpha value is -2.44. The maximum absolute atomic E-state index is 11.9. The van der Waals surface area contributed by atoms with Crippen LogP contribution in [0.3, 0.4) is 0 Å². The molecule has 144 valence electrons. The Labute approximate surface area is 156 Å². The number of rotatable bonds is 6. The summed E-state index contributed by atoms with van der Waals surface area (Å²) in [7, 11) is 5.20. The van der Waals surface area contributed by atoms with Crippen LogP contribution in [0.2, 0.25) is 0 Å². The predicted octanol–water partition coefficient (Wildman–Crippen LogP) is 1.26. The lowest BCUT2D eigenvalue weighted by molar-refractivity contribution is -0.127. The van der Waals surface area contributed by atoms with Crippen LogP contribution in [0.1, 0.15) is 13.3 Å². The molecule has 0 radical (unpaired) electrons. The number of carbonyl (C=O) groups excluding carboxylic acids is 1. The highest BCUT2D eigenvalue weighted by atomic mass is 16.5. The van der Waals surface area contributed by atoms with E-state index in [1.165, 1.54) is 5.69 Å². The fraction of sp³-hybridized carbons (Fsp3) is 0.579. The molecule has 0 unspecified atom stereocenters. The first-order chi connectivity index (χ1) is 12.5. The molecule has 2 rings (SSSR count). The Kier molecular flexibility index (Phi) is 7.56. The molecule has 1 N–H and O–H groups in total. The summed E-state index contributed by atoms with van der Waals surface area (Å²) in [6.07, 6.45) is 1.02. The van der Waals surface area contributed by atoms with Gasteiger partial charge in [0.05, 0.1) is 7.11 Å². The zero-order valence-corrected chi connectivity index (χ0v) is 16.4. The van der Waals surface area contributed by atoms with Crippen LogP contribution in [0, 0.1) is 0 Å². The molecule has 0 spiro atoms. The second-order valence-electron chi connectivity index (χ2n) is 6.53. The van der Waals surface area contributed by atoms with E-state index < -0.39 is 0 Å². The third kappa shape index (κ3) is 5.54. The summed E-state index contributed by atoms with van der Waals surface area (Å²) < 4.78 is 5.32. The van der Waals surface area contributed by atoms with Crippen LogP contribution in [0.4, 0.5) is 5.69 Å². The number of methoxy groups -OCH3 is 1. The Morgan fingerprint density at radius 1 is 1.27 bits per heavy atom. The normalized spacial score (nSPS) is 15.0. The van der Waals surface area contributed by atoms with Crippen molar-refractivity contribution in [2.45, 2.75) is 13.3 Å². The molecule has 1 aliphatic rings. The van der Waals surface area contributed by atoms with Gasteiger partial charge in [0.15, 0.2) is 5.96 Å². The second kappa shape index (κ2) is 9.89. The number of aliphatic imine (C=N–C) groups is 1. The lowest BCUT2D eigenvalue weighted by Gasteiger charge is -2.37. The van der Waals surface area contributed by atoms with Gasteiger partial charge in [-0.25, -0.2) is 4.99 Å². The number of nitrogens with zero attached hydrogens (tertiary/aromatic N) is 4.